The van der Waals surface area contributed by atoms with Crippen molar-refractivity contribution in [3.63, 3.8) is 0 Å². The van der Waals surface area contributed by atoms with Crippen molar-refractivity contribution < 1.29 is 9.53 Å². The van der Waals surface area contributed by atoms with Crippen molar-refractivity contribution in [2.75, 3.05) is 20.3 Å². The Kier molecular flexibility index (Phi) is 5.05. The van der Waals surface area contributed by atoms with Crippen molar-refractivity contribution in [3.05, 3.63) is 0 Å². The van der Waals surface area contributed by atoms with Crippen LogP contribution in [0.25, 0.3) is 0 Å². The monoisotopic (exact) mass is 214 g/mol. The van der Waals surface area contributed by atoms with E-state index in [1.165, 1.54) is 0 Å². The molecule has 0 heterocycles. The van der Waals surface area contributed by atoms with Crippen LogP contribution >= 0.6 is 0 Å². The Morgan fingerprint density at radius 1 is 1.60 bits per heavy atom. The molecule has 1 unspecified atom stereocenters. The number of carbonyl (C=O) groups is 1. The second-order valence-electron chi connectivity index (χ2n) is 4.15. The van der Waals surface area contributed by atoms with Crippen molar-refractivity contribution in [2.45, 2.75) is 44.7 Å². The van der Waals surface area contributed by atoms with Gasteiger partial charge in [0.15, 0.2) is 0 Å². The molecule has 2 N–H and O–H groups in total. The van der Waals surface area contributed by atoms with E-state index in [9.17, 15) is 4.79 Å². The maximum absolute atomic E-state index is 12.0. The fraction of sp³-hybridized carbons (Fsp3) is 0.909. The van der Waals surface area contributed by atoms with Crippen LogP contribution in [0.1, 0.15) is 32.6 Å². The Hall–Kier alpha value is -0.610. The SMILES string of the molecule is CCCC(N)C(=O)N(CCOC)C1CC1. The Bertz CT molecular complexity index is 205. The fourth-order valence-corrected chi connectivity index (χ4v) is 1.70. The van der Waals surface area contributed by atoms with E-state index < -0.39 is 0 Å². The molecule has 88 valence electrons. The summed E-state index contributed by atoms with van der Waals surface area (Å²) in [6.07, 6.45) is 3.97. The van der Waals surface area contributed by atoms with Gasteiger partial charge in [0.25, 0.3) is 0 Å². The standard InChI is InChI=1S/C11H22N2O2/c1-3-4-10(12)11(14)13(7-8-15-2)9-5-6-9/h9-10H,3-8,12H2,1-2H3. The number of carbonyl (C=O) groups excluding carboxylic acids is 1. The average molecular weight is 214 g/mol. The summed E-state index contributed by atoms with van der Waals surface area (Å²) in [5.41, 5.74) is 5.83. The zero-order valence-electron chi connectivity index (χ0n) is 9.74. The molecule has 15 heavy (non-hydrogen) atoms. The molecule has 0 spiro atoms. The van der Waals surface area contributed by atoms with Gasteiger partial charge in [-0.3, -0.25) is 4.79 Å². The van der Waals surface area contributed by atoms with E-state index >= 15 is 0 Å². The molecular formula is C11H22N2O2. The Morgan fingerprint density at radius 3 is 2.73 bits per heavy atom. The Morgan fingerprint density at radius 2 is 2.27 bits per heavy atom. The van der Waals surface area contributed by atoms with Crippen LogP contribution in [0.2, 0.25) is 0 Å². The minimum absolute atomic E-state index is 0.0939. The zero-order chi connectivity index (χ0) is 11.3. The molecule has 0 bridgehead atoms. The minimum Gasteiger partial charge on any atom is -0.383 e. The lowest BCUT2D eigenvalue weighted by molar-refractivity contribution is -0.134. The largest absolute Gasteiger partial charge is 0.383 e. The number of hydrogen-bond donors (Lipinski definition) is 1. The summed E-state index contributed by atoms with van der Waals surface area (Å²) in [7, 11) is 1.65. The van der Waals surface area contributed by atoms with Gasteiger partial charge < -0.3 is 15.4 Å². The van der Waals surface area contributed by atoms with Crippen LogP contribution in [0.3, 0.4) is 0 Å². The topological polar surface area (TPSA) is 55.6 Å². The summed E-state index contributed by atoms with van der Waals surface area (Å²) >= 11 is 0. The van der Waals surface area contributed by atoms with Gasteiger partial charge >= 0.3 is 0 Å². The Balaban J connectivity index is 2.43. The third-order valence-corrected chi connectivity index (χ3v) is 2.72. The van der Waals surface area contributed by atoms with E-state index in [4.69, 9.17) is 10.5 Å². The maximum atomic E-state index is 12.0. The van der Waals surface area contributed by atoms with Crippen LogP contribution in [0, 0.1) is 0 Å². The molecule has 1 amide bonds. The first-order chi connectivity index (χ1) is 7.20. The predicted molar refractivity (Wildman–Crippen MR) is 59.5 cm³/mol. The number of ether oxygens (including phenoxy) is 1. The lowest BCUT2D eigenvalue weighted by Gasteiger charge is -2.25. The maximum Gasteiger partial charge on any atom is 0.239 e. The highest BCUT2D eigenvalue weighted by Gasteiger charge is 2.33. The first-order valence-electron chi connectivity index (χ1n) is 5.75. The molecule has 0 aromatic heterocycles. The minimum atomic E-state index is -0.326. The van der Waals surface area contributed by atoms with Gasteiger partial charge in [0.05, 0.1) is 12.6 Å². The summed E-state index contributed by atoms with van der Waals surface area (Å²) in [6, 6.07) is 0.100. The highest BCUT2D eigenvalue weighted by Crippen LogP contribution is 2.27. The normalized spacial score (nSPS) is 17.5. The number of nitrogens with zero attached hydrogens (tertiary/aromatic N) is 1. The second-order valence-corrected chi connectivity index (χ2v) is 4.15. The molecule has 1 saturated carbocycles. The van der Waals surface area contributed by atoms with E-state index in [1.807, 2.05) is 11.8 Å². The third-order valence-electron chi connectivity index (χ3n) is 2.72. The lowest BCUT2D eigenvalue weighted by Crippen LogP contribution is -2.46. The van der Waals surface area contributed by atoms with Gasteiger partial charge in [0.1, 0.15) is 0 Å². The number of nitrogens with two attached hydrogens (primary N) is 1. The van der Waals surface area contributed by atoms with Gasteiger partial charge in [-0.05, 0) is 19.3 Å². The van der Waals surface area contributed by atoms with Crippen molar-refractivity contribution in [1.29, 1.82) is 0 Å². The molecule has 1 atom stereocenters. The van der Waals surface area contributed by atoms with Crippen LogP contribution in [0.15, 0.2) is 0 Å². The molecule has 4 nitrogen and oxygen atoms in total. The molecule has 0 aromatic rings. The molecule has 1 aliphatic rings. The Labute approximate surface area is 91.8 Å². The summed E-state index contributed by atoms with van der Waals surface area (Å²) in [5.74, 6) is 0.0939. The first kappa shape index (κ1) is 12.5. The first-order valence-corrected chi connectivity index (χ1v) is 5.75. The smallest absolute Gasteiger partial charge is 0.239 e. The summed E-state index contributed by atoms with van der Waals surface area (Å²) < 4.78 is 5.01. The van der Waals surface area contributed by atoms with Crippen LogP contribution in [0.4, 0.5) is 0 Å². The van der Waals surface area contributed by atoms with Crippen LogP contribution in [-0.2, 0) is 9.53 Å². The summed E-state index contributed by atoms with van der Waals surface area (Å²) in [6.45, 7) is 3.32. The average Bonchev–Trinajstić information content (AvgIpc) is 3.02. The van der Waals surface area contributed by atoms with Gasteiger partial charge in [-0.15, -0.1) is 0 Å². The van der Waals surface area contributed by atoms with Gasteiger partial charge in [0, 0.05) is 19.7 Å². The zero-order valence-corrected chi connectivity index (χ0v) is 9.74. The van der Waals surface area contributed by atoms with E-state index in [0.717, 1.165) is 25.7 Å². The molecule has 1 aliphatic carbocycles. The molecule has 1 rings (SSSR count). The van der Waals surface area contributed by atoms with Crippen LogP contribution < -0.4 is 5.73 Å². The number of rotatable bonds is 7. The van der Waals surface area contributed by atoms with Crippen molar-refractivity contribution >= 4 is 5.91 Å². The van der Waals surface area contributed by atoms with Crippen LogP contribution in [-0.4, -0.2) is 43.2 Å². The molecular weight excluding hydrogens is 192 g/mol. The summed E-state index contributed by atoms with van der Waals surface area (Å²) in [5, 5.41) is 0. The highest BCUT2D eigenvalue weighted by molar-refractivity contribution is 5.82. The highest BCUT2D eigenvalue weighted by atomic mass is 16.5. The van der Waals surface area contributed by atoms with Crippen molar-refractivity contribution in [1.82, 2.24) is 4.90 Å². The quantitative estimate of drug-likeness (QED) is 0.680. The molecule has 0 aliphatic heterocycles. The van der Waals surface area contributed by atoms with Gasteiger partial charge in [-0.2, -0.15) is 0 Å². The molecule has 1 fully saturated rings. The fourth-order valence-electron chi connectivity index (χ4n) is 1.70. The van der Waals surface area contributed by atoms with Gasteiger partial charge in [-0.25, -0.2) is 0 Å². The lowest BCUT2D eigenvalue weighted by atomic mass is 10.1. The second kappa shape index (κ2) is 6.08. The van der Waals surface area contributed by atoms with E-state index in [0.29, 0.717) is 19.2 Å². The van der Waals surface area contributed by atoms with Gasteiger partial charge in [-0.1, -0.05) is 13.3 Å². The van der Waals surface area contributed by atoms with Crippen molar-refractivity contribution in [3.8, 4) is 0 Å². The number of methoxy groups -OCH3 is 1. The van der Waals surface area contributed by atoms with Gasteiger partial charge in [0.2, 0.25) is 5.91 Å². The summed E-state index contributed by atoms with van der Waals surface area (Å²) in [4.78, 5) is 13.9. The third kappa shape index (κ3) is 3.80. The van der Waals surface area contributed by atoms with E-state index in [-0.39, 0.29) is 11.9 Å². The number of hydrogen-bond acceptors (Lipinski definition) is 3. The molecule has 0 radical (unpaired) electrons. The molecule has 0 aromatic carbocycles. The van der Waals surface area contributed by atoms with E-state index in [2.05, 4.69) is 0 Å². The van der Waals surface area contributed by atoms with E-state index in [1.54, 1.807) is 7.11 Å². The van der Waals surface area contributed by atoms with Crippen molar-refractivity contribution in [2.24, 2.45) is 5.73 Å². The number of amides is 1. The van der Waals surface area contributed by atoms with Crippen LogP contribution in [0.5, 0.6) is 0 Å². The predicted octanol–water partition coefficient (Wildman–Crippen LogP) is 0.751. The molecule has 0 saturated heterocycles. The molecule has 4 heteroatoms.